The number of nitrogens with one attached hydrogen (secondary N) is 3. The largest absolute Gasteiger partial charge is 0.355 e. The zero-order chi connectivity index (χ0) is 25.9. The van der Waals surface area contributed by atoms with E-state index in [1.165, 1.54) is 10.8 Å². The number of nitriles is 1. The van der Waals surface area contributed by atoms with Crippen LogP contribution in [0.3, 0.4) is 0 Å². The van der Waals surface area contributed by atoms with E-state index >= 15 is 0 Å². The molecular formula is C26H26N6O3S. The van der Waals surface area contributed by atoms with Crippen molar-refractivity contribution in [2.24, 2.45) is 0 Å². The molecule has 0 bridgehead atoms. The van der Waals surface area contributed by atoms with E-state index in [-0.39, 0.29) is 28.1 Å². The van der Waals surface area contributed by atoms with E-state index in [2.05, 4.69) is 38.2 Å². The van der Waals surface area contributed by atoms with Crippen molar-refractivity contribution in [3.05, 3.63) is 55.6 Å². The lowest BCUT2D eigenvalue weighted by molar-refractivity contribution is -0.117. The Hall–Kier alpha value is -4.30. The highest BCUT2D eigenvalue weighted by Gasteiger charge is 2.15. The van der Waals surface area contributed by atoms with Crippen LogP contribution in [0, 0.1) is 23.7 Å². The number of aromatic nitrogens is 1. The quantitative estimate of drug-likeness (QED) is 0.276. The number of rotatable bonds is 8. The molecule has 2 amide bonds. The van der Waals surface area contributed by atoms with Gasteiger partial charge in [0.05, 0.1) is 13.1 Å². The minimum Gasteiger partial charge on any atom is -0.355 e. The molecule has 2 heterocycles. The minimum atomic E-state index is -0.658. The van der Waals surface area contributed by atoms with Gasteiger partial charge in [0.15, 0.2) is 5.57 Å². The van der Waals surface area contributed by atoms with Gasteiger partial charge in [0, 0.05) is 24.1 Å². The third-order valence-electron chi connectivity index (χ3n) is 5.28. The van der Waals surface area contributed by atoms with Crippen molar-refractivity contribution < 1.29 is 9.59 Å². The summed E-state index contributed by atoms with van der Waals surface area (Å²) >= 11 is 1.06. The van der Waals surface area contributed by atoms with Crippen molar-refractivity contribution in [1.82, 2.24) is 14.8 Å². The molecule has 36 heavy (non-hydrogen) atoms. The molecule has 1 aliphatic heterocycles. The van der Waals surface area contributed by atoms with Crippen molar-refractivity contribution in [1.29, 1.82) is 5.26 Å². The van der Waals surface area contributed by atoms with Crippen LogP contribution in [0.4, 0.5) is 11.4 Å². The smallest absolute Gasteiger partial charge is 0.277 e. The molecule has 1 fully saturated rings. The molecule has 184 valence electrons. The molecule has 2 aromatic rings. The topological polar surface area (TPSA) is 119 Å². The molecule has 9 nitrogen and oxygen atoms in total. The van der Waals surface area contributed by atoms with Crippen molar-refractivity contribution in [3.8, 4) is 18.4 Å². The third kappa shape index (κ3) is 7.10. The number of nitrogens with zero attached hydrogens (tertiary/aromatic N) is 3. The van der Waals surface area contributed by atoms with Gasteiger partial charge in [0.25, 0.3) is 11.5 Å². The van der Waals surface area contributed by atoms with Crippen LogP contribution in [-0.2, 0) is 16.1 Å². The second kappa shape index (κ2) is 13.0. The lowest BCUT2D eigenvalue weighted by Crippen LogP contribution is -2.30. The number of amides is 2. The number of carbonyl (C=O) groups excluding carboxylic acids is 2. The van der Waals surface area contributed by atoms with Gasteiger partial charge in [0.2, 0.25) is 5.91 Å². The minimum absolute atomic E-state index is 0.0204. The normalized spacial score (nSPS) is 12.4. The lowest BCUT2D eigenvalue weighted by atomic mass is 10.2. The number of thiazole rings is 1. The van der Waals surface area contributed by atoms with Gasteiger partial charge in [0.1, 0.15) is 15.3 Å². The van der Waals surface area contributed by atoms with Crippen LogP contribution in [0.1, 0.15) is 19.8 Å². The first kappa shape index (κ1) is 26.3. The first-order chi connectivity index (χ1) is 17.4. The Morgan fingerprint density at radius 2 is 2.00 bits per heavy atom. The fraction of sp³-hybridized carbons (Fsp3) is 0.308. The Kier molecular flexibility index (Phi) is 9.48. The number of hydrogen-bond donors (Lipinski definition) is 3. The Morgan fingerprint density at radius 3 is 2.69 bits per heavy atom. The monoisotopic (exact) mass is 502 g/mol. The zero-order valence-corrected chi connectivity index (χ0v) is 20.7. The summed E-state index contributed by atoms with van der Waals surface area (Å²) < 4.78 is 2.01. The van der Waals surface area contributed by atoms with Gasteiger partial charge in [-0.3, -0.25) is 23.9 Å². The molecule has 0 saturated carbocycles. The Balaban J connectivity index is 1.83. The average Bonchev–Trinajstić information content (AvgIpc) is 3.48. The van der Waals surface area contributed by atoms with Crippen LogP contribution in [0.5, 0.6) is 0 Å². The summed E-state index contributed by atoms with van der Waals surface area (Å²) in [6.45, 7) is 4.36. The molecular weight excluding hydrogens is 476 g/mol. The van der Waals surface area contributed by atoms with E-state index in [9.17, 15) is 19.6 Å². The molecule has 0 aliphatic carbocycles. The number of likely N-dealkylation sites (tertiary alicyclic amines) is 1. The summed E-state index contributed by atoms with van der Waals surface area (Å²) in [5.41, 5.74) is 6.42. The maximum atomic E-state index is 12.7. The van der Waals surface area contributed by atoms with Crippen LogP contribution in [0.2, 0.25) is 0 Å². The Morgan fingerprint density at radius 1 is 1.25 bits per heavy atom. The SMILES string of the molecule is C#CCNC(=O)C(=C=c1sc(=C=CNc2cccc(NC(=O)CN3CCCC3)c2)c(=O)n1CC)C#N. The molecule has 0 unspecified atom stereocenters. The molecule has 1 aromatic carbocycles. The number of carbonyl (C=O) groups is 2. The number of benzene rings is 1. The molecule has 1 saturated heterocycles. The van der Waals surface area contributed by atoms with Gasteiger partial charge in [-0.15, -0.1) is 6.42 Å². The first-order valence-electron chi connectivity index (χ1n) is 11.4. The van der Waals surface area contributed by atoms with Crippen molar-refractivity contribution in [2.75, 3.05) is 36.8 Å². The lowest BCUT2D eigenvalue weighted by Gasteiger charge is -2.14. The van der Waals surface area contributed by atoms with E-state index in [0.717, 1.165) is 37.3 Å². The molecule has 0 spiro atoms. The predicted molar refractivity (Wildman–Crippen MR) is 140 cm³/mol. The van der Waals surface area contributed by atoms with Crippen LogP contribution < -0.4 is 30.7 Å². The van der Waals surface area contributed by atoms with E-state index in [1.54, 1.807) is 25.1 Å². The van der Waals surface area contributed by atoms with Crippen LogP contribution >= 0.6 is 11.3 Å². The maximum Gasteiger partial charge on any atom is 0.277 e. The van der Waals surface area contributed by atoms with E-state index < -0.39 is 5.91 Å². The van der Waals surface area contributed by atoms with Gasteiger partial charge in [-0.1, -0.05) is 34.8 Å². The predicted octanol–water partition coefficient (Wildman–Crippen LogP) is 0.548. The molecule has 0 radical (unpaired) electrons. The van der Waals surface area contributed by atoms with Gasteiger partial charge < -0.3 is 16.0 Å². The Bertz CT molecular complexity index is 1470. The number of terminal acetylenes is 1. The highest BCUT2D eigenvalue weighted by Crippen LogP contribution is 2.15. The van der Waals surface area contributed by atoms with E-state index in [4.69, 9.17) is 6.42 Å². The number of anilines is 2. The summed E-state index contributed by atoms with van der Waals surface area (Å²) in [5, 5.41) is 17.7. The summed E-state index contributed by atoms with van der Waals surface area (Å²) in [6.07, 6.45) is 8.88. The maximum absolute atomic E-state index is 12.7. The summed E-state index contributed by atoms with van der Waals surface area (Å²) in [7, 11) is 0. The van der Waals surface area contributed by atoms with Crippen molar-refractivity contribution in [2.45, 2.75) is 26.3 Å². The van der Waals surface area contributed by atoms with Crippen molar-refractivity contribution in [3.63, 3.8) is 0 Å². The van der Waals surface area contributed by atoms with E-state index in [1.807, 2.05) is 12.1 Å². The highest BCUT2D eigenvalue weighted by molar-refractivity contribution is 7.07. The van der Waals surface area contributed by atoms with Crippen LogP contribution in [0.15, 0.2) is 40.8 Å². The van der Waals surface area contributed by atoms with Gasteiger partial charge in [-0.05, 0) is 51.1 Å². The summed E-state index contributed by atoms with van der Waals surface area (Å²) in [4.78, 5) is 39.2. The molecule has 3 rings (SSSR count). The van der Waals surface area contributed by atoms with Crippen molar-refractivity contribution >= 4 is 46.0 Å². The fourth-order valence-corrected chi connectivity index (χ4v) is 4.54. The standard InChI is InChI=1S/C26H26N6O3S/c1-3-11-29-25(34)19(17-27)15-24-32(4-2)26(35)22(36-24)10-12-28-20-8-7-9-21(16-20)30-23(33)18-31-13-5-6-14-31/h1,7-9,12,16,28H,4-6,11,13-14,18H2,2H3,(H,29,34)(H,30,33). The highest BCUT2D eigenvalue weighted by atomic mass is 32.1. The fourth-order valence-electron chi connectivity index (χ4n) is 3.56. The van der Waals surface area contributed by atoms with Crippen LogP contribution in [0.25, 0.3) is 11.5 Å². The van der Waals surface area contributed by atoms with Gasteiger partial charge >= 0.3 is 0 Å². The first-order valence-corrected chi connectivity index (χ1v) is 12.2. The second-order valence-electron chi connectivity index (χ2n) is 7.83. The molecule has 1 aliphatic rings. The second-order valence-corrected chi connectivity index (χ2v) is 8.83. The van der Waals surface area contributed by atoms with E-state index in [0.29, 0.717) is 29.1 Å². The molecule has 0 atom stereocenters. The summed E-state index contributed by atoms with van der Waals surface area (Å²) in [5.74, 6) is 1.55. The third-order valence-corrected chi connectivity index (χ3v) is 6.29. The molecule has 3 N–H and O–H groups in total. The molecule has 1 aromatic heterocycles. The van der Waals surface area contributed by atoms with Gasteiger partial charge in [-0.2, -0.15) is 5.26 Å². The average molecular weight is 503 g/mol. The summed E-state index contributed by atoms with van der Waals surface area (Å²) in [6, 6.07) is 9.01. The number of hydrogen-bond acceptors (Lipinski definition) is 7. The van der Waals surface area contributed by atoms with Gasteiger partial charge in [-0.25, -0.2) is 0 Å². The zero-order valence-electron chi connectivity index (χ0n) is 19.9. The molecule has 10 heteroatoms. The Labute approximate surface area is 212 Å². The van der Waals surface area contributed by atoms with Crippen LogP contribution in [-0.4, -0.2) is 47.5 Å².